The van der Waals surface area contributed by atoms with Crippen LogP contribution in [0.15, 0.2) is 66.7 Å². The van der Waals surface area contributed by atoms with Gasteiger partial charge in [0.1, 0.15) is 12.1 Å². The lowest BCUT2D eigenvalue weighted by Gasteiger charge is -2.27. The van der Waals surface area contributed by atoms with Crippen molar-refractivity contribution < 1.29 is 29.4 Å². The molecular weight excluding hydrogens is 606 g/mol. The van der Waals surface area contributed by atoms with Gasteiger partial charge in [-0.05, 0) is 67.0 Å². The molecule has 238 valence electrons. The van der Waals surface area contributed by atoms with Crippen molar-refractivity contribution in [1.29, 1.82) is 0 Å². The Balaban J connectivity index is 1.71. The van der Waals surface area contributed by atoms with Gasteiger partial charge in [0, 0.05) is 35.4 Å². The van der Waals surface area contributed by atoms with Crippen LogP contribution in [0.25, 0.3) is 0 Å². The van der Waals surface area contributed by atoms with Crippen molar-refractivity contribution in [2.45, 2.75) is 51.2 Å². The van der Waals surface area contributed by atoms with Gasteiger partial charge < -0.3 is 36.3 Å². The van der Waals surface area contributed by atoms with Gasteiger partial charge in [0.15, 0.2) is 0 Å². The molecule has 0 aliphatic rings. The predicted octanol–water partition coefficient (Wildman–Crippen LogP) is 4.18. The number of rotatable bonds is 16. The van der Waals surface area contributed by atoms with E-state index in [0.29, 0.717) is 34.0 Å². The summed E-state index contributed by atoms with van der Waals surface area (Å²) < 4.78 is 0.645. The number of hydrogen-bond donors (Lipinski definition) is 6. The van der Waals surface area contributed by atoms with E-state index in [0.717, 1.165) is 5.56 Å². The first-order chi connectivity index (χ1) is 21.0. The predicted molar refractivity (Wildman–Crippen MR) is 173 cm³/mol. The molecule has 44 heavy (non-hydrogen) atoms. The van der Waals surface area contributed by atoms with Crippen molar-refractivity contribution in [3.63, 3.8) is 0 Å². The first kappa shape index (κ1) is 34.6. The van der Waals surface area contributed by atoms with E-state index in [2.05, 4.69) is 21.3 Å². The van der Waals surface area contributed by atoms with Gasteiger partial charge in [0.05, 0.1) is 0 Å². The summed E-state index contributed by atoms with van der Waals surface area (Å²) >= 11 is 7.49. The molecule has 3 aromatic rings. The number of aromatic nitrogens is 1. The number of amides is 3. The van der Waals surface area contributed by atoms with Crippen molar-refractivity contribution in [1.82, 2.24) is 20.7 Å². The second-order valence-corrected chi connectivity index (χ2v) is 12.1. The Morgan fingerprint density at radius 3 is 2.20 bits per heavy atom. The number of aromatic hydroxyl groups is 2. The minimum Gasteiger partial charge on any atom is -0.492 e. The molecule has 0 radical (unpaired) electrons. The summed E-state index contributed by atoms with van der Waals surface area (Å²) in [7, 11) is 0. The smallest absolute Gasteiger partial charge is 0.350 e. The molecular formula is C31H40ClN5O6S. The van der Waals surface area contributed by atoms with Crippen molar-refractivity contribution in [3.8, 4) is 11.8 Å². The SMILES string of the molecule is CSCCC(NC(=O)Nc1ccc(Cl)cc1)C(=O)NC(CNC(Cc1ccccc1)C(=O)On1c(O)ccc1O)CC(C)C. The molecule has 3 rings (SSSR count). The Kier molecular flexibility index (Phi) is 13.7. The van der Waals surface area contributed by atoms with Crippen LogP contribution < -0.4 is 26.1 Å². The summed E-state index contributed by atoms with van der Waals surface area (Å²) in [6.07, 6.45) is 3.19. The first-order valence-electron chi connectivity index (χ1n) is 14.3. The lowest BCUT2D eigenvalue weighted by molar-refractivity contribution is -0.148. The van der Waals surface area contributed by atoms with Gasteiger partial charge >= 0.3 is 12.0 Å². The van der Waals surface area contributed by atoms with Crippen LogP contribution in [0.1, 0.15) is 32.3 Å². The zero-order valence-electron chi connectivity index (χ0n) is 25.0. The van der Waals surface area contributed by atoms with Crippen LogP contribution >= 0.6 is 23.4 Å². The fourth-order valence-electron chi connectivity index (χ4n) is 4.45. The number of nitrogens with one attached hydrogen (secondary N) is 4. The molecule has 1 aromatic heterocycles. The number of thioether (sulfide) groups is 1. The average molecular weight is 646 g/mol. The number of hydrogen-bond acceptors (Lipinski definition) is 8. The van der Waals surface area contributed by atoms with Gasteiger partial charge in [-0.1, -0.05) is 55.8 Å². The standard InChI is InChI=1S/C31H40ClN5O6S/c1-20(2)17-24(34-29(40)25(15-16-44-3)36-31(42)35-23-11-9-22(32)10-12-23)19-33-26(18-21-7-5-4-6-8-21)30(41)43-37-27(38)13-14-28(37)39/h4-14,20,24-26,33,38-39H,15-19H2,1-3H3,(H,34,40)(H2,35,36,42). The minimum atomic E-state index is -0.874. The molecule has 3 unspecified atom stereocenters. The van der Waals surface area contributed by atoms with Crippen LogP contribution in [0.4, 0.5) is 10.5 Å². The third kappa shape index (κ3) is 11.3. The van der Waals surface area contributed by atoms with Crippen molar-refractivity contribution in [2.75, 3.05) is 23.9 Å². The number of carbonyl (C=O) groups is 3. The van der Waals surface area contributed by atoms with Gasteiger partial charge in [-0.3, -0.25) is 4.79 Å². The Hall–Kier alpha value is -3.87. The molecule has 0 saturated carbocycles. The third-order valence-electron chi connectivity index (χ3n) is 6.59. The summed E-state index contributed by atoms with van der Waals surface area (Å²) in [5.41, 5.74) is 1.40. The van der Waals surface area contributed by atoms with Gasteiger partial charge in [0.25, 0.3) is 0 Å². The van der Waals surface area contributed by atoms with Crippen LogP contribution in [-0.4, -0.2) is 69.5 Å². The van der Waals surface area contributed by atoms with E-state index in [-0.39, 0.29) is 30.8 Å². The molecule has 11 nitrogen and oxygen atoms in total. The van der Waals surface area contributed by atoms with Crippen LogP contribution in [0.5, 0.6) is 11.8 Å². The maximum atomic E-state index is 13.5. The second kappa shape index (κ2) is 17.4. The zero-order valence-corrected chi connectivity index (χ0v) is 26.5. The summed E-state index contributed by atoms with van der Waals surface area (Å²) in [5, 5.41) is 32.2. The van der Waals surface area contributed by atoms with Crippen molar-refractivity contribution >= 4 is 47.0 Å². The molecule has 2 aromatic carbocycles. The van der Waals surface area contributed by atoms with Crippen LogP contribution in [0, 0.1) is 5.92 Å². The van der Waals surface area contributed by atoms with E-state index in [1.807, 2.05) is 50.4 Å². The molecule has 0 spiro atoms. The third-order valence-corrected chi connectivity index (χ3v) is 7.49. The number of benzene rings is 2. The van der Waals surface area contributed by atoms with Gasteiger partial charge in [-0.2, -0.15) is 11.8 Å². The minimum absolute atomic E-state index is 0.209. The van der Waals surface area contributed by atoms with E-state index < -0.39 is 35.8 Å². The summed E-state index contributed by atoms with van der Waals surface area (Å²) in [6.45, 7) is 4.26. The molecule has 6 N–H and O–H groups in total. The van der Waals surface area contributed by atoms with Crippen LogP contribution in [0.2, 0.25) is 5.02 Å². The van der Waals surface area contributed by atoms with Gasteiger partial charge in [-0.15, -0.1) is 4.73 Å². The van der Waals surface area contributed by atoms with Crippen molar-refractivity contribution in [2.24, 2.45) is 5.92 Å². The molecule has 0 fully saturated rings. The van der Waals surface area contributed by atoms with E-state index in [9.17, 15) is 24.6 Å². The fraction of sp³-hybridized carbons (Fsp3) is 0.387. The average Bonchev–Trinajstić information content (AvgIpc) is 3.30. The monoisotopic (exact) mass is 645 g/mol. The normalized spacial score (nSPS) is 13.1. The molecule has 0 saturated heterocycles. The van der Waals surface area contributed by atoms with E-state index in [1.54, 1.807) is 36.0 Å². The molecule has 0 aliphatic carbocycles. The Morgan fingerprint density at radius 1 is 0.932 bits per heavy atom. The van der Waals surface area contributed by atoms with Crippen LogP contribution in [-0.2, 0) is 16.0 Å². The molecule has 3 atom stereocenters. The highest BCUT2D eigenvalue weighted by atomic mass is 35.5. The highest BCUT2D eigenvalue weighted by Gasteiger charge is 2.27. The van der Waals surface area contributed by atoms with Crippen molar-refractivity contribution in [3.05, 3.63) is 77.3 Å². The lowest BCUT2D eigenvalue weighted by atomic mass is 10.0. The Morgan fingerprint density at radius 2 is 1.59 bits per heavy atom. The number of carbonyl (C=O) groups excluding carboxylic acids is 3. The Bertz CT molecular complexity index is 1340. The van der Waals surface area contributed by atoms with E-state index in [1.165, 1.54) is 12.1 Å². The molecule has 0 bridgehead atoms. The molecule has 1 heterocycles. The molecule has 13 heteroatoms. The summed E-state index contributed by atoms with van der Waals surface area (Å²) in [4.78, 5) is 44.7. The molecule has 0 aliphatic heterocycles. The molecule has 3 amide bonds. The second-order valence-electron chi connectivity index (χ2n) is 10.7. The number of halogens is 1. The van der Waals surface area contributed by atoms with Gasteiger partial charge in [-0.25, -0.2) is 9.59 Å². The number of urea groups is 1. The first-order valence-corrected chi connectivity index (χ1v) is 16.0. The van der Waals surface area contributed by atoms with E-state index >= 15 is 0 Å². The highest BCUT2D eigenvalue weighted by molar-refractivity contribution is 7.98. The van der Waals surface area contributed by atoms with E-state index in [4.69, 9.17) is 16.4 Å². The zero-order chi connectivity index (χ0) is 32.1. The fourth-order valence-corrected chi connectivity index (χ4v) is 5.05. The summed E-state index contributed by atoms with van der Waals surface area (Å²) in [6, 6.07) is 15.8. The largest absolute Gasteiger partial charge is 0.492 e. The van der Waals surface area contributed by atoms with Gasteiger partial charge in [0.2, 0.25) is 17.7 Å². The maximum Gasteiger partial charge on any atom is 0.350 e. The summed E-state index contributed by atoms with van der Waals surface area (Å²) in [5.74, 6) is -1.07. The maximum absolute atomic E-state index is 13.5. The number of anilines is 1. The topological polar surface area (TPSA) is 154 Å². The highest BCUT2D eigenvalue weighted by Crippen LogP contribution is 2.19. The quantitative estimate of drug-likeness (QED) is 0.136. The van der Waals surface area contributed by atoms with Crippen LogP contribution in [0.3, 0.4) is 0 Å². The lowest BCUT2D eigenvalue weighted by Crippen LogP contribution is -2.54. The Labute approximate surface area is 266 Å². The number of nitrogens with zero attached hydrogens (tertiary/aromatic N) is 1.